The molecular formula is C20H26N4O6S2. The minimum Gasteiger partial charge on any atom is -0.468 e. The van der Waals surface area contributed by atoms with Gasteiger partial charge in [-0.05, 0) is 43.8 Å². The Labute approximate surface area is 192 Å². The molecule has 32 heavy (non-hydrogen) atoms. The molecule has 0 spiro atoms. The molecule has 1 heterocycles. The fourth-order valence-corrected chi connectivity index (χ4v) is 4.12. The lowest BCUT2D eigenvalue weighted by Gasteiger charge is -2.32. The van der Waals surface area contributed by atoms with E-state index in [0.717, 1.165) is 6.26 Å². The topological polar surface area (TPSA) is 149 Å². The Kier molecular flexibility index (Phi) is 8.33. The molecule has 12 heteroatoms. The van der Waals surface area contributed by atoms with Gasteiger partial charge in [-0.15, -0.1) is 0 Å². The second kappa shape index (κ2) is 10.6. The maximum atomic E-state index is 13.0. The third kappa shape index (κ3) is 6.26. The normalized spacial score (nSPS) is 18.4. The van der Waals surface area contributed by atoms with Gasteiger partial charge in [0.05, 0.1) is 37.8 Å². The van der Waals surface area contributed by atoms with Crippen molar-refractivity contribution in [3.8, 4) is 0 Å². The predicted molar refractivity (Wildman–Crippen MR) is 125 cm³/mol. The Bertz CT molecular complexity index is 1080. The second-order valence-corrected chi connectivity index (χ2v) is 9.22. The maximum Gasteiger partial charge on any atom is 0.336 e. The summed E-state index contributed by atoms with van der Waals surface area (Å²) in [5.74, 6) is -3.03. The van der Waals surface area contributed by atoms with Crippen LogP contribution in [0.5, 0.6) is 0 Å². The van der Waals surface area contributed by atoms with Crippen molar-refractivity contribution in [2.75, 3.05) is 31.2 Å². The number of benzene rings is 1. The number of hydrogen-bond donors (Lipinski definition) is 3. The van der Waals surface area contributed by atoms with Crippen LogP contribution in [0, 0.1) is 5.92 Å². The summed E-state index contributed by atoms with van der Waals surface area (Å²) in [5.41, 5.74) is 7.17. The smallest absolute Gasteiger partial charge is 0.336 e. The Morgan fingerprint density at radius 2 is 2.00 bits per heavy atom. The van der Waals surface area contributed by atoms with Gasteiger partial charge in [-0.25, -0.2) is 13.2 Å². The van der Waals surface area contributed by atoms with E-state index in [1.165, 1.54) is 7.11 Å². The van der Waals surface area contributed by atoms with Crippen LogP contribution in [0.1, 0.15) is 25.3 Å². The molecular weight excluding hydrogens is 456 g/mol. The Morgan fingerprint density at radius 3 is 2.56 bits per heavy atom. The SMILES string of the molecule is CCOC(=O)C1=C(CNC(N)=S)N=C(C)C(C(=O)OC)C1c1cccc(NS(C)(=O)=O)c1. The summed E-state index contributed by atoms with van der Waals surface area (Å²) >= 11 is 4.86. The van der Waals surface area contributed by atoms with Crippen molar-refractivity contribution in [1.82, 2.24) is 5.32 Å². The number of methoxy groups -OCH3 is 1. The molecule has 0 aliphatic carbocycles. The summed E-state index contributed by atoms with van der Waals surface area (Å²) < 4.78 is 36.0. The molecule has 0 amide bonds. The number of ether oxygens (including phenoxy) is 2. The molecule has 1 aliphatic rings. The van der Waals surface area contributed by atoms with Gasteiger partial charge in [0, 0.05) is 17.3 Å². The Balaban J connectivity index is 2.73. The summed E-state index contributed by atoms with van der Waals surface area (Å²) in [4.78, 5) is 30.2. The van der Waals surface area contributed by atoms with Crippen LogP contribution in [-0.4, -0.2) is 57.7 Å². The van der Waals surface area contributed by atoms with E-state index in [0.29, 0.717) is 17.0 Å². The lowest BCUT2D eigenvalue weighted by molar-refractivity contribution is -0.144. The molecule has 1 aromatic carbocycles. The zero-order valence-electron chi connectivity index (χ0n) is 18.2. The zero-order chi connectivity index (χ0) is 24.1. The molecule has 2 atom stereocenters. The van der Waals surface area contributed by atoms with Gasteiger partial charge >= 0.3 is 11.9 Å². The molecule has 174 valence electrons. The highest BCUT2D eigenvalue weighted by Crippen LogP contribution is 2.40. The van der Waals surface area contributed by atoms with Gasteiger partial charge in [0.1, 0.15) is 5.92 Å². The van der Waals surface area contributed by atoms with E-state index >= 15 is 0 Å². The molecule has 10 nitrogen and oxygen atoms in total. The van der Waals surface area contributed by atoms with Gasteiger partial charge in [-0.2, -0.15) is 0 Å². The number of nitrogens with zero attached hydrogens (tertiary/aromatic N) is 1. The van der Waals surface area contributed by atoms with Crippen LogP contribution < -0.4 is 15.8 Å². The summed E-state index contributed by atoms with van der Waals surface area (Å²) in [5, 5.41) is 2.78. The molecule has 1 aliphatic heterocycles. The summed E-state index contributed by atoms with van der Waals surface area (Å²) in [6.07, 6.45) is 1.03. The summed E-state index contributed by atoms with van der Waals surface area (Å²) in [6, 6.07) is 6.42. The van der Waals surface area contributed by atoms with Crippen LogP contribution in [0.4, 0.5) is 5.69 Å². The number of aliphatic imine (C=N–C) groups is 1. The average Bonchev–Trinajstić information content (AvgIpc) is 2.70. The number of thiocarbonyl (C=S) groups is 1. The number of esters is 2. The Hall–Kier alpha value is -2.99. The fourth-order valence-electron chi connectivity index (χ4n) is 3.49. The van der Waals surface area contributed by atoms with Gasteiger partial charge in [0.25, 0.3) is 0 Å². The third-order valence-electron chi connectivity index (χ3n) is 4.65. The number of carbonyl (C=O) groups is 2. The van der Waals surface area contributed by atoms with Crippen molar-refractivity contribution in [2.45, 2.75) is 19.8 Å². The second-order valence-electron chi connectivity index (χ2n) is 7.03. The molecule has 0 saturated heterocycles. The van der Waals surface area contributed by atoms with E-state index in [-0.39, 0.29) is 29.5 Å². The van der Waals surface area contributed by atoms with Gasteiger partial charge in [-0.1, -0.05) is 12.1 Å². The average molecular weight is 483 g/mol. The van der Waals surface area contributed by atoms with E-state index in [9.17, 15) is 18.0 Å². The molecule has 0 aromatic heterocycles. The van der Waals surface area contributed by atoms with Crippen molar-refractivity contribution in [1.29, 1.82) is 0 Å². The van der Waals surface area contributed by atoms with Crippen molar-refractivity contribution in [3.63, 3.8) is 0 Å². The highest BCUT2D eigenvalue weighted by molar-refractivity contribution is 7.92. The molecule has 1 aromatic rings. The first-order valence-corrected chi connectivity index (χ1v) is 11.9. The van der Waals surface area contributed by atoms with Crippen LogP contribution in [0.3, 0.4) is 0 Å². The largest absolute Gasteiger partial charge is 0.468 e. The molecule has 0 bridgehead atoms. The van der Waals surface area contributed by atoms with Crippen LogP contribution in [0.15, 0.2) is 40.5 Å². The van der Waals surface area contributed by atoms with Gasteiger partial charge in [-0.3, -0.25) is 14.5 Å². The highest BCUT2D eigenvalue weighted by Gasteiger charge is 2.43. The number of rotatable bonds is 8. The monoisotopic (exact) mass is 482 g/mol. The van der Waals surface area contributed by atoms with Gasteiger partial charge < -0.3 is 20.5 Å². The van der Waals surface area contributed by atoms with E-state index in [4.69, 9.17) is 27.4 Å². The molecule has 0 fully saturated rings. The first kappa shape index (κ1) is 25.3. The molecule has 2 unspecified atom stereocenters. The van der Waals surface area contributed by atoms with E-state index < -0.39 is 33.8 Å². The van der Waals surface area contributed by atoms with Crippen LogP contribution in [0.25, 0.3) is 0 Å². The van der Waals surface area contributed by atoms with Crippen LogP contribution in [-0.2, 0) is 29.1 Å². The predicted octanol–water partition coefficient (Wildman–Crippen LogP) is 1.06. The highest BCUT2D eigenvalue weighted by atomic mass is 32.2. The van der Waals surface area contributed by atoms with Crippen molar-refractivity contribution in [3.05, 3.63) is 41.1 Å². The minimum absolute atomic E-state index is 0.0135. The maximum absolute atomic E-state index is 13.0. The number of hydrogen-bond acceptors (Lipinski definition) is 8. The quantitative estimate of drug-likeness (QED) is 0.365. The van der Waals surface area contributed by atoms with Gasteiger partial charge in [0.15, 0.2) is 5.11 Å². The van der Waals surface area contributed by atoms with E-state index in [1.54, 1.807) is 38.1 Å². The number of anilines is 1. The zero-order valence-corrected chi connectivity index (χ0v) is 19.8. The van der Waals surface area contributed by atoms with Crippen LogP contribution >= 0.6 is 12.2 Å². The summed E-state index contributed by atoms with van der Waals surface area (Å²) in [7, 11) is -2.30. The lowest BCUT2D eigenvalue weighted by atomic mass is 9.75. The first-order chi connectivity index (χ1) is 15.0. The van der Waals surface area contributed by atoms with Crippen molar-refractivity contribution >= 4 is 50.7 Å². The lowest BCUT2D eigenvalue weighted by Crippen LogP contribution is -2.39. The number of carbonyl (C=O) groups excluding carboxylic acids is 2. The summed E-state index contributed by atoms with van der Waals surface area (Å²) in [6.45, 7) is 3.45. The van der Waals surface area contributed by atoms with E-state index in [1.807, 2.05) is 0 Å². The van der Waals surface area contributed by atoms with Crippen molar-refractivity contribution < 1.29 is 27.5 Å². The first-order valence-electron chi connectivity index (χ1n) is 9.62. The number of sulfonamides is 1. The molecule has 4 N–H and O–H groups in total. The standard InChI is InChI=1S/C20H26N4O6S2/c1-5-30-19(26)17-14(10-22-20(21)31)23-11(2)15(18(25)29-3)16(17)12-7-6-8-13(9-12)24-32(4,27)28/h6-9,15-16,24H,5,10H2,1-4H3,(H3,21,22,31). The minimum atomic E-state index is -3.54. The molecule has 2 rings (SSSR count). The molecule has 0 radical (unpaired) electrons. The van der Waals surface area contributed by atoms with Gasteiger partial charge in [0.2, 0.25) is 10.0 Å². The molecule has 0 saturated carbocycles. The third-order valence-corrected chi connectivity index (χ3v) is 5.40. The number of nitrogens with one attached hydrogen (secondary N) is 2. The van der Waals surface area contributed by atoms with Crippen molar-refractivity contribution in [2.24, 2.45) is 16.6 Å². The fraction of sp³-hybridized carbons (Fsp3) is 0.400. The Morgan fingerprint density at radius 1 is 1.31 bits per heavy atom. The van der Waals surface area contributed by atoms with E-state index in [2.05, 4.69) is 15.0 Å². The number of nitrogens with two attached hydrogens (primary N) is 1. The van der Waals surface area contributed by atoms with Crippen LogP contribution in [0.2, 0.25) is 0 Å².